The summed E-state index contributed by atoms with van der Waals surface area (Å²) in [6, 6.07) is 5.62. The van der Waals surface area contributed by atoms with Crippen LogP contribution < -0.4 is 0 Å². The van der Waals surface area contributed by atoms with Crippen molar-refractivity contribution in [3.05, 3.63) is 34.4 Å². The number of nitrogens with zero attached hydrogens (tertiary/aromatic N) is 5. The Morgan fingerprint density at radius 3 is 2.92 bits per heavy atom. The molecule has 10 heteroatoms. The number of thiazole rings is 1. The van der Waals surface area contributed by atoms with E-state index in [2.05, 4.69) is 24.9 Å². The molecule has 0 saturated heterocycles. The third-order valence-corrected chi connectivity index (χ3v) is 5.51. The maximum Gasteiger partial charge on any atom is 0.351 e. The number of carbonyl (C=O) groups excluding carboxylic acids is 1. The molecular formula is C14H12ClN5O2S2. The summed E-state index contributed by atoms with van der Waals surface area (Å²) in [5.74, 6) is 0.173. The highest BCUT2D eigenvalue weighted by molar-refractivity contribution is 8.00. The van der Waals surface area contributed by atoms with Gasteiger partial charge in [-0.15, -0.1) is 10.2 Å². The second-order valence-corrected chi connectivity index (χ2v) is 7.03. The lowest BCUT2D eigenvalue weighted by molar-refractivity contribution is 0.0606. The van der Waals surface area contributed by atoms with Crippen LogP contribution in [0.2, 0.25) is 5.15 Å². The number of aromatic nitrogens is 5. The van der Waals surface area contributed by atoms with Crippen molar-refractivity contribution in [3.63, 3.8) is 0 Å². The third kappa shape index (κ3) is 3.28. The molecule has 0 unspecified atom stereocenters. The highest BCUT2D eigenvalue weighted by Crippen LogP contribution is 2.35. The second kappa shape index (κ2) is 7.29. The fraction of sp³-hybridized carbons (Fsp3) is 0.214. The summed E-state index contributed by atoms with van der Waals surface area (Å²) >= 11 is 8.45. The van der Waals surface area contributed by atoms with E-state index >= 15 is 0 Å². The van der Waals surface area contributed by atoms with Crippen molar-refractivity contribution < 1.29 is 9.53 Å². The molecule has 0 bridgehead atoms. The fourth-order valence-corrected chi connectivity index (χ4v) is 4.28. The molecule has 7 nitrogen and oxygen atoms in total. The van der Waals surface area contributed by atoms with Gasteiger partial charge in [0.25, 0.3) is 0 Å². The molecule has 3 heterocycles. The van der Waals surface area contributed by atoms with Crippen LogP contribution in [0.25, 0.3) is 11.5 Å². The van der Waals surface area contributed by atoms with Gasteiger partial charge in [0.2, 0.25) is 0 Å². The van der Waals surface area contributed by atoms with E-state index < -0.39 is 5.97 Å². The van der Waals surface area contributed by atoms with Gasteiger partial charge in [-0.1, -0.05) is 29.0 Å². The summed E-state index contributed by atoms with van der Waals surface area (Å²) in [4.78, 5) is 20.4. The van der Waals surface area contributed by atoms with Gasteiger partial charge in [0.1, 0.15) is 5.69 Å². The molecule has 0 radical (unpaired) electrons. The lowest BCUT2D eigenvalue weighted by Gasteiger charge is -2.05. The van der Waals surface area contributed by atoms with Crippen molar-refractivity contribution in [1.82, 2.24) is 24.7 Å². The predicted octanol–water partition coefficient (Wildman–Crippen LogP) is 3.41. The van der Waals surface area contributed by atoms with Gasteiger partial charge in [0.05, 0.1) is 7.11 Å². The average Bonchev–Trinajstić information content (AvgIpc) is 3.18. The van der Waals surface area contributed by atoms with E-state index in [1.165, 1.54) is 18.9 Å². The number of esters is 1. The Morgan fingerprint density at radius 1 is 1.42 bits per heavy atom. The topological polar surface area (TPSA) is 82.8 Å². The van der Waals surface area contributed by atoms with Crippen LogP contribution in [-0.4, -0.2) is 37.8 Å². The Bertz CT molecular complexity index is 865. The van der Waals surface area contributed by atoms with Crippen LogP contribution in [0.5, 0.6) is 0 Å². The number of methoxy groups -OCH3 is 1. The van der Waals surface area contributed by atoms with Gasteiger partial charge in [-0.05, 0) is 30.8 Å². The Balaban J connectivity index is 1.91. The molecule has 24 heavy (non-hydrogen) atoms. The van der Waals surface area contributed by atoms with Gasteiger partial charge in [-0.25, -0.2) is 9.78 Å². The first-order chi connectivity index (χ1) is 11.6. The number of rotatable bonds is 5. The molecule has 0 N–H and O–H groups in total. The summed E-state index contributed by atoms with van der Waals surface area (Å²) in [5, 5.41) is 9.20. The van der Waals surface area contributed by atoms with Crippen molar-refractivity contribution in [2.75, 3.05) is 7.11 Å². The maximum atomic E-state index is 11.6. The van der Waals surface area contributed by atoms with Crippen LogP contribution in [0.4, 0.5) is 0 Å². The minimum absolute atomic E-state index is 0.127. The quantitative estimate of drug-likeness (QED) is 0.626. The highest BCUT2D eigenvalue weighted by Gasteiger charge is 2.21. The normalized spacial score (nSPS) is 10.8. The molecule has 0 aliphatic heterocycles. The highest BCUT2D eigenvalue weighted by atomic mass is 35.5. The van der Waals surface area contributed by atoms with E-state index in [-0.39, 0.29) is 10.0 Å². The van der Waals surface area contributed by atoms with Crippen LogP contribution in [0.3, 0.4) is 0 Å². The van der Waals surface area contributed by atoms with Gasteiger partial charge >= 0.3 is 5.97 Å². The summed E-state index contributed by atoms with van der Waals surface area (Å²) in [6.45, 7) is 2.67. The van der Waals surface area contributed by atoms with E-state index in [0.717, 1.165) is 17.0 Å². The number of carbonyl (C=O) groups is 1. The van der Waals surface area contributed by atoms with Crippen molar-refractivity contribution in [3.8, 4) is 11.5 Å². The minimum atomic E-state index is -0.504. The zero-order valence-electron chi connectivity index (χ0n) is 12.8. The number of pyridine rings is 1. The SMILES string of the molecule is CCn1c(Sc2nc(Cl)c(C(=O)OC)s2)nnc1-c1ccccn1. The summed E-state index contributed by atoms with van der Waals surface area (Å²) in [5.41, 5.74) is 0.742. The van der Waals surface area contributed by atoms with Crippen LogP contribution >= 0.6 is 34.7 Å². The minimum Gasteiger partial charge on any atom is -0.465 e. The molecule has 3 aromatic rings. The van der Waals surface area contributed by atoms with Gasteiger partial charge < -0.3 is 9.30 Å². The standard InChI is InChI=1S/C14H12ClN5O2S2/c1-3-20-11(8-6-4-5-7-16-8)18-19-13(20)24-14-17-10(15)9(23-14)12(21)22-2/h4-7H,3H2,1-2H3. The lowest BCUT2D eigenvalue weighted by atomic mass is 10.3. The molecule has 3 rings (SSSR count). The first kappa shape index (κ1) is 16.9. The molecule has 0 aromatic carbocycles. The fourth-order valence-electron chi connectivity index (χ4n) is 1.96. The Hall–Kier alpha value is -1.97. The van der Waals surface area contributed by atoms with Crippen LogP contribution in [0.1, 0.15) is 16.6 Å². The molecule has 0 aliphatic rings. The van der Waals surface area contributed by atoms with E-state index in [9.17, 15) is 4.79 Å². The summed E-state index contributed by atoms with van der Waals surface area (Å²) in [7, 11) is 1.30. The molecule has 0 aliphatic carbocycles. The Kier molecular flexibility index (Phi) is 5.12. The first-order valence-electron chi connectivity index (χ1n) is 6.91. The third-order valence-electron chi connectivity index (χ3n) is 3.04. The average molecular weight is 382 g/mol. The van der Waals surface area contributed by atoms with E-state index in [0.29, 0.717) is 21.9 Å². The molecule has 0 amide bonds. The van der Waals surface area contributed by atoms with Gasteiger partial charge in [0, 0.05) is 12.7 Å². The van der Waals surface area contributed by atoms with Crippen molar-refractivity contribution in [1.29, 1.82) is 0 Å². The molecular weight excluding hydrogens is 370 g/mol. The van der Waals surface area contributed by atoms with Crippen LogP contribution in [0.15, 0.2) is 33.9 Å². The molecule has 0 saturated carbocycles. The van der Waals surface area contributed by atoms with Crippen molar-refractivity contribution in [2.24, 2.45) is 0 Å². The van der Waals surface area contributed by atoms with Crippen LogP contribution in [-0.2, 0) is 11.3 Å². The molecule has 3 aromatic heterocycles. The number of hydrogen-bond donors (Lipinski definition) is 0. The first-order valence-corrected chi connectivity index (χ1v) is 8.92. The van der Waals surface area contributed by atoms with E-state index in [1.54, 1.807) is 6.20 Å². The van der Waals surface area contributed by atoms with Crippen LogP contribution in [0, 0.1) is 0 Å². The van der Waals surface area contributed by atoms with E-state index in [4.69, 9.17) is 11.6 Å². The Morgan fingerprint density at radius 2 is 2.25 bits per heavy atom. The molecule has 0 fully saturated rings. The monoisotopic (exact) mass is 381 g/mol. The number of hydrogen-bond acceptors (Lipinski definition) is 8. The second-order valence-electron chi connectivity index (χ2n) is 4.46. The molecule has 0 atom stereocenters. The predicted molar refractivity (Wildman–Crippen MR) is 91.5 cm³/mol. The van der Waals surface area contributed by atoms with Crippen molar-refractivity contribution in [2.45, 2.75) is 23.0 Å². The van der Waals surface area contributed by atoms with Gasteiger partial charge in [-0.2, -0.15) is 0 Å². The van der Waals surface area contributed by atoms with E-state index in [1.807, 2.05) is 29.7 Å². The zero-order chi connectivity index (χ0) is 17.1. The lowest BCUT2D eigenvalue weighted by Crippen LogP contribution is -2.00. The largest absolute Gasteiger partial charge is 0.465 e. The van der Waals surface area contributed by atoms with Crippen molar-refractivity contribution >= 4 is 40.7 Å². The number of halogens is 1. The van der Waals surface area contributed by atoms with Gasteiger partial charge in [0.15, 0.2) is 25.4 Å². The number of ether oxygens (including phenoxy) is 1. The Labute approximate surface area is 151 Å². The molecule has 0 spiro atoms. The summed E-state index contributed by atoms with van der Waals surface area (Å²) in [6.07, 6.45) is 1.71. The summed E-state index contributed by atoms with van der Waals surface area (Å²) < 4.78 is 7.21. The maximum absolute atomic E-state index is 11.6. The van der Waals surface area contributed by atoms with Gasteiger partial charge in [-0.3, -0.25) is 4.98 Å². The molecule has 124 valence electrons. The zero-order valence-corrected chi connectivity index (χ0v) is 15.2. The smallest absolute Gasteiger partial charge is 0.351 e.